The quantitative estimate of drug-likeness (QED) is 0.0145. The van der Waals surface area contributed by atoms with Gasteiger partial charge in [-0.2, -0.15) is 8.42 Å². The maximum atomic E-state index is 14.4. The number of ether oxygens (including phenoxy) is 10. The topological polar surface area (TPSA) is 504 Å². The molecule has 5 aromatic rings. The zero-order valence-electron chi connectivity index (χ0n) is 72.1. The van der Waals surface area contributed by atoms with Gasteiger partial charge < -0.3 is 101 Å². The van der Waals surface area contributed by atoms with Gasteiger partial charge in [-0.25, -0.2) is 14.2 Å². The summed E-state index contributed by atoms with van der Waals surface area (Å²) in [7, 11) is -4.16. The van der Waals surface area contributed by atoms with Crippen molar-refractivity contribution in [3.8, 4) is 22.5 Å². The molecule has 0 fully saturated rings. The number of esters is 1. The minimum atomic E-state index is -4.16. The van der Waals surface area contributed by atoms with Crippen molar-refractivity contribution in [2.24, 2.45) is 17.6 Å². The van der Waals surface area contributed by atoms with Crippen molar-refractivity contribution in [3.05, 3.63) is 95.3 Å². The standard InChI is InChI=1S/C84H126N16O23S/c1-58(2)76(82(108)92-68(23-16-34-88-84(85)110)80(106)90-63-29-27-61(28-30-63)56-123-83(109)59(3)4)93-81(107)67(22-14-15-33-86-74(104)57-122-70-25-9-7-8-21-66-79(70)99(96-94-66)36-40-117-44-48-121-52-51-119-46-42-115-38-31-72(102)87-35-53-124(111,112)113)91-73(103)32-39-116-43-47-120-50-49-118-45-41-114-37-17-26-71(101)89-54-75(105)98-55-62-18-10-11-19-64(62)77-78(100(60(5)6)97-95-77)65-20-12-13-24-69(65)98/h10-13,18-20,24,27-30,58-60,67-68,70,76H,7-9,14-17,21-23,25-26,31-57H2,1-6H3,(H,86,104)(H,87,102)(H,89,101)(H,90,106)(H,91,103)(H,92,108)(H,93,107)(H3,85,88,110)(H,111,112,113)/t67-,68+,70?,76+/m1/s1. The zero-order chi connectivity index (χ0) is 89.4. The van der Waals surface area contributed by atoms with Crippen LogP contribution in [-0.2, 0) is 127 Å². The molecule has 40 heteroatoms. The van der Waals surface area contributed by atoms with Gasteiger partial charge >= 0.3 is 12.0 Å². The lowest BCUT2D eigenvalue weighted by Gasteiger charge is -2.29. The van der Waals surface area contributed by atoms with Crippen molar-refractivity contribution in [2.75, 3.05) is 154 Å². The molecule has 3 heterocycles. The highest BCUT2D eigenvalue weighted by Gasteiger charge is 2.34. The van der Waals surface area contributed by atoms with Crippen molar-refractivity contribution in [3.63, 3.8) is 0 Å². The number of urea groups is 1. The summed E-state index contributed by atoms with van der Waals surface area (Å²) in [4.78, 5) is 134. The van der Waals surface area contributed by atoms with Crippen LogP contribution in [0.4, 0.5) is 16.2 Å². The first-order valence-electron chi connectivity index (χ1n) is 42.6. The molecule has 0 saturated heterocycles. The lowest BCUT2D eigenvalue weighted by Crippen LogP contribution is -2.57. The molecule has 0 saturated carbocycles. The molecule has 10 amide bonds. The number of para-hydroxylation sites is 1. The Kier molecular flexibility index (Phi) is 45.7. The minimum absolute atomic E-state index is 0.00721. The summed E-state index contributed by atoms with van der Waals surface area (Å²) in [6.07, 6.45) is 5.12. The number of hydrogen-bond donors (Lipinski definition) is 10. The van der Waals surface area contributed by atoms with Crippen molar-refractivity contribution in [1.82, 2.24) is 67.2 Å². The molecule has 7 rings (SSSR count). The third-order valence-electron chi connectivity index (χ3n) is 19.7. The molecule has 2 aliphatic rings. The number of aryl methyl sites for hydroxylation is 1. The van der Waals surface area contributed by atoms with E-state index in [0.717, 1.165) is 58.7 Å². The van der Waals surface area contributed by atoms with Crippen LogP contribution in [0.1, 0.15) is 160 Å². The smallest absolute Gasteiger partial charge is 0.312 e. The van der Waals surface area contributed by atoms with Gasteiger partial charge in [0.25, 0.3) is 10.1 Å². The van der Waals surface area contributed by atoms with Gasteiger partial charge in [0, 0.05) is 68.4 Å². The lowest BCUT2D eigenvalue weighted by molar-refractivity contribution is -0.148. The van der Waals surface area contributed by atoms with Crippen molar-refractivity contribution in [1.29, 1.82) is 0 Å². The number of primary amides is 1. The molecule has 1 aliphatic heterocycles. The largest absolute Gasteiger partial charge is 0.461 e. The second kappa shape index (κ2) is 56.1. The number of carbonyl (C=O) groups is 10. The van der Waals surface area contributed by atoms with Crippen LogP contribution in [0.2, 0.25) is 0 Å². The predicted octanol–water partition coefficient (Wildman–Crippen LogP) is 4.50. The van der Waals surface area contributed by atoms with Crippen LogP contribution < -0.4 is 53.2 Å². The number of nitrogens with one attached hydrogen (secondary N) is 8. The van der Waals surface area contributed by atoms with Crippen molar-refractivity contribution < 1.29 is 108 Å². The third kappa shape index (κ3) is 37.4. The maximum Gasteiger partial charge on any atom is 0.312 e. The SMILES string of the molecule is CC(C)C(=O)OCc1ccc(NC(=O)[C@H](CCCNC(N)=O)NC(=O)[C@@H](NC(=O)[C@@H](CCCCNC(=O)COC2CCCCCc3nnn(CCOCCOCCOCCOCCC(=O)NCCS(=O)(=O)O)c32)NC(=O)CCOCCOCCOCCOCCCC(=O)NCC(=O)N2Cc3ccccc3-c3nnn(C(C)C)c3-c3ccccc32)C(C)C)cc1. The summed E-state index contributed by atoms with van der Waals surface area (Å²) >= 11 is 0. The predicted molar refractivity (Wildman–Crippen MR) is 455 cm³/mol. The lowest BCUT2D eigenvalue weighted by atomic mass is 9.95. The molecule has 2 aromatic heterocycles. The fraction of sp³-hybridized carbons (Fsp3) is 0.619. The number of rotatable bonds is 60. The molecule has 0 spiro atoms. The monoisotopic (exact) mass is 1760 g/mol. The molecule has 1 aliphatic carbocycles. The highest BCUT2D eigenvalue weighted by molar-refractivity contribution is 7.85. The van der Waals surface area contributed by atoms with E-state index >= 15 is 0 Å². The zero-order valence-corrected chi connectivity index (χ0v) is 72.9. The van der Waals surface area contributed by atoms with Crippen LogP contribution in [0.5, 0.6) is 0 Å². The molecule has 124 heavy (non-hydrogen) atoms. The summed E-state index contributed by atoms with van der Waals surface area (Å²) in [6.45, 7) is 15.1. The fourth-order valence-corrected chi connectivity index (χ4v) is 13.5. The average molecular weight is 1760 g/mol. The first-order valence-corrected chi connectivity index (χ1v) is 44.2. The molecular formula is C84H126N16O23S. The Hall–Kier alpha value is -10.0. The number of hydrogen-bond acceptors (Lipinski definition) is 26. The maximum absolute atomic E-state index is 14.4. The van der Waals surface area contributed by atoms with Crippen molar-refractivity contribution in [2.45, 2.75) is 181 Å². The van der Waals surface area contributed by atoms with Crippen LogP contribution in [-0.4, -0.2) is 265 Å². The van der Waals surface area contributed by atoms with Gasteiger partial charge in [0.2, 0.25) is 47.3 Å². The molecule has 686 valence electrons. The fourth-order valence-electron chi connectivity index (χ4n) is 13.2. The summed E-state index contributed by atoms with van der Waals surface area (Å²) in [6, 6.07) is 17.8. The van der Waals surface area contributed by atoms with E-state index in [9.17, 15) is 56.4 Å². The van der Waals surface area contributed by atoms with E-state index in [1.165, 1.54) is 0 Å². The molecule has 3 aromatic carbocycles. The molecule has 1 unspecified atom stereocenters. The normalized spacial score (nSPS) is 13.9. The number of benzene rings is 3. The molecular weight excluding hydrogens is 1630 g/mol. The number of carbonyl (C=O) groups excluding carboxylic acids is 10. The average Bonchev–Trinajstić information content (AvgIpc) is 1.53. The van der Waals surface area contributed by atoms with E-state index in [1.807, 2.05) is 67.1 Å². The van der Waals surface area contributed by atoms with Gasteiger partial charge in [0.05, 0.1) is 153 Å². The number of nitrogens with two attached hydrogens (primary N) is 1. The number of amides is 10. The van der Waals surface area contributed by atoms with Gasteiger partial charge in [-0.1, -0.05) is 106 Å². The Balaban J connectivity index is 0.821. The van der Waals surface area contributed by atoms with Gasteiger partial charge in [-0.3, -0.25) is 47.7 Å². The van der Waals surface area contributed by atoms with Crippen LogP contribution in [0, 0.1) is 11.8 Å². The molecule has 0 radical (unpaired) electrons. The highest BCUT2D eigenvalue weighted by Crippen LogP contribution is 2.42. The van der Waals surface area contributed by atoms with E-state index in [2.05, 4.69) is 63.2 Å². The van der Waals surface area contributed by atoms with Crippen LogP contribution >= 0.6 is 0 Å². The second-order valence-corrected chi connectivity index (χ2v) is 32.1. The Morgan fingerprint density at radius 1 is 0.556 bits per heavy atom. The molecule has 4 atom stereocenters. The highest BCUT2D eigenvalue weighted by atomic mass is 32.2. The second-order valence-electron chi connectivity index (χ2n) is 30.6. The Morgan fingerprint density at radius 2 is 1.15 bits per heavy atom. The summed E-state index contributed by atoms with van der Waals surface area (Å²) in [5, 5.41) is 39.7. The summed E-state index contributed by atoms with van der Waals surface area (Å²) in [5.74, 6) is -5.60. The van der Waals surface area contributed by atoms with E-state index in [0.29, 0.717) is 95.2 Å². The van der Waals surface area contributed by atoms with Gasteiger partial charge in [-0.15, -0.1) is 10.2 Å². The van der Waals surface area contributed by atoms with Crippen molar-refractivity contribution >= 4 is 80.8 Å². The number of nitrogens with zero attached hydrogens (tertiary/aromatic N) is 7. The summed E-state index contributed by atoms with van der Waals surface area (Å²) < 4.78 is 90.6. The molecule has 39 nitrogen and oxygen atoms in total. The van der Waals surface area contributed by atoms with Crippen LogP contribution in [0.3, 0.4) is 0 Å². The number of fused-ring (bicyclic) bond motifs is 6. The Bertz CT molecular complexity index is 4260. The van der Waals surface area contributed by atoms with E-state index in [1.54, 1.807) is 61.5 Å². The Morgan fingerprint density at radius 3 is 1.79 bits per heavy atom. The van der Waals surface area contributed by atoms with Crippen LogP contribution in [0.15, 0.2) is 72.8 Å². The Labute approximate surface area is 724 Å². The summed E-state index contributed by atoms with van der Waals surface area (Å²) in [5.41, 5.74) is 12.8. The number of unbranched alkanes of at least 4 members (excludes halogenated alkanes) is 1. The van der Waals surface area contributed by atoms with Gasteiger partial charge in [0.1, 0.15) is 43.1 Å². The molecule has 0 bridgehead atoms. The number of aromatic nitrogens is 6. The first kappa shape index (κ1) is 101. The van der Waals surface area contributed by atoms with E-state index in [4.69, 9.17) is 57.7 Å². The molecule has 11 N–H and O–H groups in total. The van der Waals surface area contributed by atoms with E-state index in [-0.39, 0.29) is 186 Å². The first-order chi connectivity index (χ1) is 59.8. The minimum Gasteiger partial charge on any atom is -0.461 e. The van der Waals surface area contributed by atoms with Gasteiger partial charge in [-0.05, 0) is 107 Å². The third-order valence-corrected chi connectivity index (χ3v) is 20.5. The number of anilines is 2. The van der Waals surface area contributed by atoms with E-state index < -0.39 is 81.6 Å². The van der Waals surface area contributed by atoms with Crippen LogP contribution in [0.25, 0.3) is 22.5 Å². The van der Waals surface area contributed by atoms with Gasteiger partial charge in [0.15, 0.2) is 0 Å².